The van der Waals surface area contributed by atoms with E-state index < -0.39 is 17.4 Å². The van der Waals surface area contributed by atoms with Crippen LogP contribution in [0.5, 0.6) is 0 Å². The van der Waals surface area contributed by atoms with Gasteiger partial charge in [-0.15, -0.1) is 0 Å². The van der Waals surface area contributed by atoms with Crippen molar-refractivity contribution in [3.63, 3.8) is 0 Å². The Hall–Kier alpha value is -2.36. The van der Waals surface area contributed by atoms with Gasteiger partial charge >= 0.3 is 11.9 Å². The molecule has 0 aromatic heterocycles. The van der Waals surface area contributed by atoms with Crippen molar-refractivity contribution in [2.24, 2.45) is 5.41 Å². The van der Waals surface area contributed by atoms with Crippen LogP contribution in [0.3, 0.4) is 0 Å². The molecule has 4 heteroatoms. The van der Waals surface area contributed by atoms with Gasteiger partial charge in [0.15, 0.2) is 0 Å². The Morgan fingerprint density at radius 3 is 2.23 bits per heavy atom. The normalized spacial score (nSPS) is 21.0. The summed E-state index contributed by atoms with van der Waals surface area (Å²) in [5, 5.41) is 18.9. The van der Waals surface area contributed by atoms with Gasteiger partial charge in [0, 0.05) is 5.57 Å². The largest absolute Gasteiger partial charge is 0.481 e. The molecule has 0 saturated heterocycles. The van der Waals surface area contributed by atoms with Gasteiger partial charge in [-0.3, -0.25) is 4.79 Å². The Morgan fingerprint density at radius 1 is 1.14 bits per heavy atom. The van der Waals surface area contributed by atoms with E-state index in [0.717, 1.165) is 12.0 Å². The molecule has 0 aliphatic heterocycles. The smallest absolute Gasteiger partial charge is 0.331 e. The third kappa shape index (κ3) is 3.27. The van der Waals surface area contributed by atoms with Crippen molar-refractivity contribution in [1.29, 1.82) is 0 Å². The number of hydrogen-bond donors (Lipinski definition) is 2. The molecule has 1 atom stereocenters. The van der Waals surface area contributed by atoms with Gasteiger partial charge in [0.05, 0.1) is 5.41 Å². The van der Waals surface area contributed by atoms with Gasteiger partial charge in [0.2, 0.25) is 0 Å². The minimum absolute atomic E-state index is 0.00450. The van der Waals surface area contributed by atoms with E-state index in [0.29, 0.717) is 5.57 Å². The summed E-state index contributed by atoms with van der Waals surface area (Å²) in [7, 11) is 0. The molecular formula is C18H20O4. The first-order valence-electron chi connectivity index (χ1n) is 7.31. The maximum absolute atomic E-state index is 11.9. The third-order valence-corrected chi connectivity index (χ3v) is 4.06. The SMILES string of the molecule is CCc1ccc(CC2(C(=O)O)C=C(C)C=C(C(=O)O)C2)cc1. The third-order valence-electron chi connectivity index (χ3n) is 4.06. The van der Waals surface area contributed by atoms with Crippen LogP contribution in [0.2, 0.25) is 0 Å². The van der Waals surface area contributed by atoms with Gasteiger partial charge in [-0.05, 0) is 43.4 Å². The van der Waals surface area contributed by atoms with Crippen LogP contribution in [0, 0.1) is 5.41 Å². The van der Waals surface area contributed by atoms with E-state index in [1.54, 1.807) is 19.1 Å². The van der Waals surface area contributed by atoms with E-state index in [-0.39, 0.29) is 18.4 Å². The van der Waals surface area contributed by atoms with Crippen molar-refractivity contribution in [2.45, 2.75) is 33.1 Å². The Balaban J connectivity index is 2.35. The lowest BCUT2D eigenvalue weighted by Crippen LogP contribution is -2.35. The summed E-state index contributed by atoms with van der Waals surface area (Å²) >= 11 is 0. The van der Waals surface area contributed by atoms with E-state index >= 15 is 0 Å². The Bertz CT molecular complexity index is 652. The van der Waals surface area contributed by atoms with E-state index in [1.165, 1.54) is 5.56 Å². The Morgan fingerprint density at radius 2 is 1.73 bits per heavy atom. The molecule has 0 saturated carbocycles. The lowest BCUT2D eigenvalue weighted by molar-refractivity contribution is -0.146. The quantitative estimate of drug-likeness (QED) is 0.875. The van der Waals surface area contributed by atoms with Crippen molar-refractivity contribution in [2.75, 3.05) is 0 Å². The molecule has 22 heavy (non-hydrogen) atoms. The van der Waals surface area contributed by atoms with Crippen LogP contribution >= 0.6 is 0 Å². The molecule has 0 radical (unpaired) electrons. The standard InChI is InChI=1S/C18H20O4/c1-3-13-4-6-14(7-5-13)10-18(17(21)22)9-12(2)8-15(11-18)16(19)20/h4-9H,3,10-11H2,1-2H3,(H,19,20)(H,21,22). The number of carboxylic acid groups (broad SMARTS) is 2. The maximum atomic E-state index is 11.9. The summed E-state index contributed by atoms with van der Waals surface area (Å²) < 4.78 is 0. The molecule has 2 rings (SSSR count). The van der Waals surface area contributed by atoms with Gasteiger partial charge in [-0.2, -0.15) is 0 Å². The average molecular weight is 300 g/mol. The van der Waals surface area contributed by atoms with Gasteiger partial charge in [0.1, 0.15) is 0 Å². The molecule has 1 aliphatic carbocycles. The molecule has 4 nitrogen and oxygen atoms in total. The second-order valence-electron chi connectivity index (χ2n) is 5.85. The molecule has 1 aliphatic rings. The van der Waals surface area contributed by atoms with Crippen LogP contribution in [-0.4, -0.2) is 22.2 Å². The highest BCUT2D eigenvalue weighted by Gasteiger charge is 2.40. The van der Waals surface area contributed by atoms with Gasteiger partial charge in [-0.25, -0.2) is 4.79 Å². The first-order chi connectivity index (χ1) is 10.4. The average Bonchev–Trinajstić information content (AvgIpc) is 2.47. The number of aryl methyl sites for hydroxylation is 1. The van der Waals surface area contributed by atoms with Crippen LogP contribution in [0.15, 0.2) is 47.6 Å². The molecule has 0 spiro atoms. The van der Waals surface area contributed by atoms with Crippen LogP contribution in [0.25, 0.3) is 0 Å². The fourth-order valence-corrected chi connectivity index (χ4v) is 2.92. The van der Waals surface area contributed by atoms with Crippen molar-refractivity contribution in [1.82, 2.24) is 0 Å². The topological polar surface area (TPSA) is 74.6 Å². The van der Waals surface area contributed by atoms with E-state index in [4.69, 9.17) is 0 Å². The zero-order chi connectivity index (χ0) is 16.3. The number of carbonyl (C=O) groups is 2. The van der Waals surface area contributed by atoms with Crippen molar-refractivity contribution in [3.05, 3.63) is 58.7 Å². The molecule has 1 unspecified atom stereocenters. The van der Waals surface area contributed by atoms with Crippen molar-refractivity contribution in [3.8, 4) is 0 Å². The van der Waals surface area contributed by atoms with Crippen LogP contribution < -0.4 is 0 Å². The summed E-state index contributed by atoms with van der Waals surface area (Å²) in [5.41, 5.74) is 1.72. The van der Waals surface area contributed by atoms with Crippen LogP contribution in [0.1, 0.15) is 31.4 Å². The molecular weight excluding hydrogens is 280 g/mol. The van der Waals surface area contributed by atoms with Crippen LogP contribution in [0.4, 0.5) is 0 Å². The molecule has 1 aromatic rings. The summed E-state index contributed by atoms with van der Waals surface area (Å²) in [5.74, 6) is -2.04. The number of rotatable bonds is 5. The Labute approximate surface area is 129 Å². The van der Waals surface area contributed by atoms with Crippen LogP contribution in [-0.2, 0) is 22.4 Å². The van der Waals surface area contributed by atoms with Gasteiger partial charge in [-0.1, -0.05) is 42.8 Å². The van der Waals surface area contributed by atoms with E-state index in [2.05, 4.69) is 6.92 Å². The molecule has 0 amide bonds. The predicted molar refractivity (Wildman–Crippen MR) is 83.7 cm³/mol. The molecule has 0 bridgehead atoms. The minimum Gasteiger partial charge on any atom is -0.481 e. The molecule has 0 fully saturated rings. The summed E-state index contributed by atoms with van der Waals surface area (Å²) in [4.78, 5) is 23.1. The van der Waals surface area contributed by atoms with E-state index in [1.807, 2.05) is 24.3 Å². The lowest BCUT2D eigenvalue weighted by atomic mass is 9.72. The number of aliphatic carboxylic acids is 2. The summed E-state index contributed by atoms with van der Waals surface area (Å²) in [6, 6.07) is 7.81. The minimum atomic E-state index is -1.19. The highest BCUT2D eigenvalue weighted by atomic mass is 16.4. The number of hydrogen-bond acceptors (Lipinski definition) is 2. The number of allylic oxidation sites excluding steroid dienone is 2. The Kier molecular flexibility index (Phi) is 4.50. The van der Waals surface area contributed by atoms with Crippen molar-refractivity contribution >= 4 is 11.9 Å². The van der Waals surface area contributed by atoms with E-state index in [9.17, 15) is 19.8 Å². The lowest BCUT2D eigenvalue weighted by Gasteiger charge is -2.30. The van der Waals surface area contributed by atoms with Gasteiger partial charge in [0.25, 0.3) is 0 Å². The predicted octanol–water partition coefficient (Wildman–Crippen LogP) is 3.22. The summed E-state index contributed by atoms with van der Waals surface area (Å²) in [6.07, 6.45) is 4.44. The van der Waals surface area contributed by atoms with Gasteiger partial charge < -0.3 is 10.2 Å². The molecule has 116 valence electrons. The summed E-state index contributed by atoms with van der Waals surface area (Å²) in [6.45, 7) is 3.80. The fraction of sp³-hybridized carbons (Fsp3) is 0.333. The fourth-order valence-electron chi connectivity index (χ4n) is 2.92. The number of carboxylic acids is 2. The van der Waals surface area contributed by atoms with Crippen molar-refractivity contribution < 1.29 is 19.8 Å². The zero-order valence-corrected chi connectivity index (χ0v) is 12.8. The maximum Gasteiger partial charge on any atom is 0.331 e. The molecule has 2 N–H and O–H groups in total. The first kappa shape index (κ1) is 16.0. The first-order valence-corrected chi connectivity index (χ1v) is 7.31. The highest BCUT2D eigenvalue weighted by Crippen LogP contribution is 2.38. The second-order valence-corrected chi connectivity index (χ2v) is 5.85. The molecule has 1 aromatic carbocycles. The zero-order valence-electron chi connectivity index (χ0n) is 12.8. The highest BCUT2D eigenvalue weighted by molar-refractivity contribution is 5.90. The monoisotopic (exact) mass is 300 g/mol. The molecule has 0 heterocycles. The number of benzene rings is 1. The second kappa shape index (κ2) is 6.18.